The highest BCUT2D eigenvalue weighted by Crippen LogP contribution is 2.25. The molecule has 1 aromatic carbocycles. The minimum Gasteiger partial charge on any atom is -0.461 e. The van der Waals surface area contributed by atoms with Gasteiger partial charge >= 0.3 is 0 Å². The van der Waals surface area contributed by atoms with Crippen LogP contribution >= 0.6 is 0 Å². The van der Waals surface area contributed by atoms with Gasteiger partial charge in [-0.2, -0.15) is 0 Å². The van der Waals surface area contributed by atoms with Gasteiger partial charge in [-0.25, -0.2) is 0 Å². The van der Waals surface area contributed by atoms with Crippen LogP contribution in [0.15, 0.2) is 28.7 Å². The fourth-order valence-electron chi connectivity index (χ4n) is 2.02. The Balaban J connectivity index is 2.15. The Morgan fingerprint density at radius 2 is 1.94 bits per heavy atom. The zero-order chi connectivity index (χ0) is 11.5. The number of hydrogen-bond donors (Lipinski definition) is 0. The molecule has 2 heteroatoms. The van der Waals surface area contributed by atoms with Crippen molar-refractivity contribution in [2.75, 3.05) is 20.6 Å². The van der Waals surface area contributed by atoms with E-state index in [0.29, 0.717) is 0 Å². The standard InChI is InChI=1S/C14H19NO/c1-11-12-7-4-5-8-14(12)16-13(11)9-6-10-15(2)3/h4-5,7-8H,6,9-10H2,1-3H3. The maximum absolute atomic E-state index is 5.86. The highest BCUT2D eigenvalue weighted by molar-refractivity contribution is 5.81. The SMILES string of the molecule is Cc1c(CCCN(C)C)oc2ccccc12. The van der Waals surface area contributed by atoms with Crippen molar-refractivity contribution in [2.45, 2.75) is 19.8 Å². The highest BCUT2D eigenvalue weighted by atomic mass is 16.3. The molecule has 0 aliphatic rings. The third-order valence-corrected chi connectivity index (χ3v) is 2.95. The molecule has 0 spiro atoms. The average Bonchev–Trinajstić information content (AvgIpc) is 2.56. The normalized spacial score (nSPS) is 11.5. The molecule has 0 fully saturated rings. The van der Waals surface area contributed by atoms with E-state index in [9.17, 15) is 0 Å². The summed E-state index contributed by atoms with van der Waals surface area (Å²) in [6, 6.07) is 8.25. The molecular weight excluding hydrogens is 198 g/mol. The number of nitrogens with zero attached hydrogens (tertiary/aromatic N) is 1. The highest BCUT2D eigenvalue weighted by Gasteiger charge is 2.09. The predicted molar refractivity (Wildman–Crippen MR) is 67.8 cm³/mol. The molecule has 0 saturated heterocycles. The van der Waals surface area contributed by atoms with Crippen LogP contribution in [-0.2, 0) is 6.42 Å². The molecule has 1 aromatic heterocycles. The maximum atomic E-state index is 5.86. The molecule has 0 N–H and O–H groups in total. The van der Waals surface area contributed by atoms with Crippen molar-refractivity contribution in [2.24, 2.45) is 0 Å². The molecule has 0 radical (unpaired) electrons. The fourth-order valence-corrected chi connectivity index (χ4v) is 2.02. The molecule has 2 nitrogen and oxygen atoms in total. The van der Waals surface area contributed by atoms with Gasteiger partial charge in [-0.15, -0.1) is 0 Å². The van der Waals surface area contributed by atoms with Gasteiger partial charge in [0, 0.05) is 11.8 Å². The topological polar surface area (TPSA) is 16.4 Å². The van der Waals surface area contributed by atoms with Gasteiger partial charge in [0.1, 0.15) is 11.3 Å². The molecule has 16 heavy (non-hydrogen) atoms. The van der Waals surface area contributed by atoms with Crippen LogP contribution in [0.4, 0.5) is 0 Å². The quantitative estimate of drug-likeness (QED) is 0.781. The van der Waals surface area contributed by atoms with Crippen LogP contribution in [0.1, 0.15) is 17.7 Å². The van der Waals surface area contributed by atoms with Crippen LogP contribution in [0.5, 0.6) is 0 Å². The van der Waals surface area contributed by atoms with Crippen LogP contribution in [0.25, 0.3) is 11.0 Å². The number of aryl methyl sites for hydroxylation is 2. The van der Waals surface area contributed by atoms with Crippen molar-refractivity contribution < 1.29 is 4.42 Å². The molecule has 86 valence electrons. The first kappa shape index (κ1) is 11.2. The van der Waals surface area contributed by atoms with Crippen molar-refractivity contribution in [1.29, 1.82) is 0 Å². The number of para-hydroxylation sites is 1. The van der Waals surface area contributed by atoms with Gasteiger partial charge in [-0.3, -0.25) is 0 Å². The zero-order valence-electron chi connectivity index (χ0n) is 10.3. The molecule has 2 rings (SSSR count). The minimum absolute atomic E-state index is 1.01. The van der Waals surface area contributed by atoms with E-state index in [0.717, 1.165) is 30.7 Å². The molecule has 0 atom stereocenters. The molecule has 0 bridgehead atoms. The summed E-state index contributed by atoms with van der Waals surface area (Å²) in [5.74, 6) is 1.14. The summed E-state index contributed by atoms with van der Waals surface area (Å²) in [7, 11) is 4.21. The minimum atomic E-state index is 1.01. The molecule has 0 aliphatic carbocycles. The third-order valence-electron chi connectivity index (χ3n) is 2.95. The zero-order valence-corrected chi connectivity index (χ0v) is 10.3. The van der Waals surface area contributed by atoms with Crippen molar-refractivity contribution in [3.63, 3.8) is 0 Å². The van der Waals surface area contributed by atoms with Crippen LogP contribution in [0.2, 0.25) is 0 Å². The number of fused-ring (bicyclic) bond motifs is 1. The van der Waals surface area contributed by atoms with Gasteiger partial charge in [0.15, 0.2) is 0 Å². The summed E-state index contributed by atoms with van der Waals surface area (Å²) < 4.78 is 5.86. The molecular formula is C14H19NO. The van der Waals surface area contributed by atoms with Gasteiger partial charge in [0.2, 0.25) is 0 Å². The van der Waals surface area contributed by atoms with E-state index in [1.165, 1.54) is 10.9 Å². The van der Waals surface area contributed by atoms with E-state index in [4.69, 9.17) is 4.42 Å². The third kappa shape index (κ3) is 2.27. The maximum Gasteiger partial charge on any atom is 0.134 e. The Kier molecular flexibility index (Phi) is 3.30. The predicted octanol–water partition coefficient (Wildman–Crippen LogP) is 3.24. The van der Waals surface area contributed by atoms with Crippen LogP contribution in [-0.4, -0.2) is 25.5 Å². The number of hydrogen-bond acceptors (Lipinski definition) is 2. The number of rotatable bonds is 4. The first-order valence-corrected chi connectivity index (χ1v) is 5.80. The molecule has 0 unspecified atom stereocenters. The summed E-state index contributed by atoms with van der Waals surface area (Å²) in [4.78, 5) is 2.21. The lowest BCUT2D eigenvalue weighted by atomic mass is 10.1. The monoisotopic (exact) mass is 217 g/mol. The van der Waals surface area contributed by atoms with E-state index < -0.39 is 0 Å². The lowest BCUT2D eigenvalue weighted by molar-refractivity contribution is 0.391. The Bertz CT molecular complexity index is 471. The van der Waals surface area contributed by atoms with Gasteiger partial charge in [0.05, 0.1) is 0 Å². The largest absolute Gasteiger partial charge is 0.461 e. The first-order valence-electron chi connectivity index (χ1n) is 5.80. The van der Waals surface area contributed by atoms with Crippen LogP contribution in [0, 0.1) is 6.92 Å². The second-order valence-electron chi connectivity index (χ2n) is 4.55. The second-order valence-corrected chi connectivity index (χ2v) is 4.55. The lowest BCUT2D eigenvalue weighted by Gasteiger charge is -2.07. The molecule has 1 heterocycles. The average molecular weight is 217 g/mol. The van der Waals surface area contributed by atoms with E-state index in [1.807, 2.05) is 12.1 Å². The Labute approximate surface area is 96.9 Å². The van der Waals surface area contributed by atoms with E-state index in [-0.39, 0.29) is 0 Å². The second kappa shape index (κ2) is 4.71. The van der Waals surface area contributed by atoms with Gasteiger partial charge in [-0.05, 0) is 45.6 Å². The molecule has 0 aliphatic heterocycles. The molecule has 0 amide bonds. The Morgan fingerprint density at radius 1 is 1.19 bits per heavy atom. The van der Waals surface area contributed by atoms with Gasteiger partial charge in [-0.1, -0.05) is 18.2 Å². The molecule has 0 saturated carbocycles. The van der Waals surface area contributed by atoms with Gasteiger partial charge < -0.3 is 9.32 Å². The van der Waals surface area contributed by atoms with Crippen molar-refractivity contribution in [3.05, 3.63) is 35.6 Å². The van der Waals surface area contributed by atoms with E-state index in [1.54, 1.807) is 0 Å². The van der Waals surface area contributed by atoms with Crippen molar-refractivity contribution in [1.82, 2.24) is 4.90 Å². The molecule has 2 aromatic rings. The summed E-state index contributed by atoms with van der Waals surface area (Å²) >= 11 is 0. The van der Waals surface area contributed by atoms with Crippen molar-refractivity contribution in [3.8, 4) is 0 Å². The van der Waals surface area contributed by atoms with E-state index in [2.05, 4.69) is 38.1 Å². The van der Waals surface area contributed by atoms with Crippen LogP contribution in [0.3, 0.4) is 0 Å². The lowest BCUT2D eigenvalue weighted by Crippen LogP contribution is -2.13. The summed E-state index contributed by atoms with van der Waals surface area (Å²) in [6.07, 6.45) is 2.17. The Morgan fingerprint density at radius 3 is 2.62 bits per heavy atom. The summed E-state index contributed by atoms with van der Waals surface area (Å²) in [6.45, 7) is 3.26. The Hall–Kier alpha value is -1.28. The van der Waals surface area contributed by atoms with Crippen molar-refractivity contribution >= 4 is 11.0 Å². The van der Waals surface area contributed by atoms with E-state index >= 15 is 0 Å². The summed E-state index contributed by atoms with van der Waals surface area (Å²) in [5.41, 5.74) is 2.31. The fraction of sp³-hybridized carbons (Fsp3) is 0.429. The van der Waals surface area contributed by atoms with Crippen LogP contribution < -0.4 is 0 Å². The first-order chi connectivity index (χ1) is 7.68. The van der Waals surface area contributed by atoms with Gasteiger partial charge in [0.25, 0.3) is 0 Å². The number of benzene rings is 1. The smallest absolute Gasteiger partial charge is 0.134 e. The number of furan rings is 1. The summed E-state index contributed by atoms with van der Waals surface area (Å²) in [5, 5.41) is 1.25.